The lowest BCUT2D eigenvalue weighted by molar-refractivity contribution is 0.321. The molecule has 0 bridgehead atoms. The molecular weight excluding hydrogens is 275 g/mol. The molecule has 0 aromatic carbocycles. The van der Waals surface area contributed by atoms with E-state index in [0.29, 0.717) is 5.15 Å². The van der Waals surface area contributed by atoms with Gasteiger partial charge in [-0.2, -0.15) is 0 Å². The quantitative estimate of drug-likeness (QED) is 0.788. The molecule has 0 fully saturated rings. The van der Waals surface area contributed by atoms with Crippen LogP contribution in [0.2, 0.25) is 9.49 Å². The van der Waals surface area contributed by atoms with Gasteiger partial charge in [-0.1, -0.05) is 29.3 Å². The van der Waals surface area contributed by atoms with Crippen molar-refractivity contribution in [3.8, 4) is 0 Å². The van der Waals surface area contributed by atoms with Crippen LogP contribution in [0.4, 0.5) is 0 Å². The molecule has 2 aromatic heterocycles. The Morgan fingerprint density at radius 2 is 2.00 bits per heavy atom. The summed E-state index contributed by atoms with van der Waals surface area (Å²) < 4.78 is 0.835. The molecule has 2 heterocycles. The monoisotopic (exact) mass is 286 g/mol. The van der Waals surface area contributed by atoms with Gasteiger partial charge in [0.25, 0.3) is 0 Å². The van der Waals surface area contributed by atoms with Crippen LogP contribution in [0, 0.1) is 0 Å². The van der Waals surface area contributed by atoms with Gasteiger partial charge in [-0.25, -0.2) is 4.98 Å². The molecule has 0 N–H and O–H groups in total. The summed E-state index contributed by atoms with van der Waals surface area (Å²) in [5, 5.41) is 0.529. The van der Waals surface area contributed by atoms with Crippen molar-refractivity contribution in [3.63, 3.8) is 0 Å². The molecular formula is C12H12Cl2N2S. The van der Waals surface area contributed by atoms with Crippen molar-refractivity contribution in [2.45, 2.75) is 13.1 Å². The Morgan fingerprint density at radius 1 is 1.18 bits per heavy atom. The Morgan fingerprint density at radius 3 is 2.59 bits per heavy atom. The lowest BCUT2D eigenvalue weighted by Crippen LogP contribution is -2.16. The van der Waals surface area contributed by atoms with Crippen molar-refractivity contribution < 1.29 is 0 Å². The molecule has 0 aliphatic rings. The largest absolute Gasteiger partial charge is 0.297 e. The highest BCUT2D eigenvalue weighted by molar-refractivity contribution is 7.16. The van der Waals surface area contributed by atoms with E-state index in [1.807, 2.05) is 18.2 Å². The van der Waals surface area contributed by atoms with Gasteiger partial charge in [0.05, 0.1) is 4.34 Å². The summed E-state index contributed by atoms with van der Waals surface area (Å²) in [5.74, 6) is 0. The first-order valence-corrected chi connectivity index (χ1v) is 6.74. The van der Waals surface area contributed by atoms with Crippen LogP contribution in [0.25, 0.3) is 0 Å². The highest BCUT2D eigenvalue weighted by atomic mass is 35.5. The molecule has 5 heteroatoms. The molecule has 0 atom stereocenters. The minimum atomic E-state index is 0.529. The van der Waals surface area contributed by atoms with Crippen LogP contribution in [-0.4, -0.2) is 16.9 Å². The van der Waals surface area contributed by atoms with Crippen molar-refractivity contribution in [2.24, 2.45) is 0 Å². The topological polar surface area (TPSA) is 16.1 Å². The van der Waals surface area contributed by atoms with Gasteiger partial charge in [-0.3, -0.25) is 4.90 Å². The van der Waals surface area contributed by atoms with E-state index >= 15 is 0 Å². The number of pyridine rings is 1. The molecule has 0 aliphatic carbocycles. The highest BCUT2D eigenvalue weighted by Gasteiger charge is 2.04. The zero-order chi connectivity index (χ0) is 12.3. The van der Waals surface area contributed by atoms with Gasteiger partial charge in [0, 0.05) is 24.2 Å². The smallest absolute Gasteiger partial charge is 0.129 e. The van der Waals surface area contributed by atoms with Gasteiger partial charge in [-0.05, 0) is 30.8 Å². The number of halogens is 2. The predicted molar refractivity (Wildman–Crippen MR) is 73.7 cm³/mol. The predicted octanol–water partition coefficient (Wildman–Crippen LogP) is 4.08. The first-order valence-electron chi connectivity index (χ1n) is 5.16. The Labute approximate surface area is 115 Å². The van der Waals surface area contributed by atoms with Crippen molar-refractivity contribution >= 4 is 34.5 Å². The number of hydrogen-bond acceptors (Lipinski definition) is 3. The van der Waals surface area contributed by atoms with Crippen LogP contribution < -0.4 is 0 Å². The Kier molecular flexibility index (Phi) is 4.40. The minimum absolute atomic E-state index is 0.529. The Bertz CT molecular complexity index is 482. The summed E-state index contributed by atoms with van der Waals surface area (Å²) in [5.41, 5.74) is 1.15. The van der Waals surface area contributed by atoms with E-state index < -0.39 is 0 Å². The number of rotatable bonds is 4. The van der Waals surface area contributed by atoms with Crippen LogP contribution in [0.5, 0.6) is 0 Å². The molecule has 0 unspecified atom stereocenters. The number of nitrogens with zero attached hydrogens (tertiary/aromatic N) is 2. The molecule has 0 saturated heterocycles. The van der Waals surface area contributed by atoms with Crippen molar-refractivity contribution in [1.29, 1.82) is 0 Å². The lowest BCUT2D eigenvalue weighted by atomic mass is 10.2. The van der Waals surface area contributed by atoms with Crippen LogP contribution in [0.15, 0.2) is 30.5 Å². The van der Waals surface area contributed by atoms with E-state index in [0.717, 1.165) is 23.0 Å². The highest BCUT2D eigenvalue weighted by Crippen LogP contribution is 2.22. The van der Waals surface area contributed by atoms with Crippen molar-refractivity contribution in [3.05, 3.63) is 50.4 Å². The minimum Gasteiger partial charge on any atom is -0.297 e. The van der Waals surface area contributed by atoms with Crippen LogP contribution in [0.1, 0.15) is 10.4 Å². The SMILES string of the molecule is CN(Cc1ccc(Cl)nc1)Cc1ccc(Cl)s1. The average molecular weight is 287 g/mol. The zero-order valence-corrected chi connectivity index (χ0v) is 11.7. The molecule has 0 saturated carbocycles. The van der Waals surface area contributed by atoms with Crippen molar-refractivity contribution in [1.82, 2.24) is 9.88 Å². The van der Waals surface area contributed by atoms with Gasteiger partial charge in [-0.15, -0.1) is 11.3 Å². The standard InChI is InChI=1S/C12H12Cl2N2S/c1-16(8-10-3-5-12(14)17-10)7-9-2-4-11(13)15-6-9/h2-6H,7-8H2,1H3. The molecule has 0 spiro atoms. The van der Waals surface area contributed by atoms with E-state index in [2.05, 4.69) is 23.0 Å². The van der Waals surface area contributed by atoms with Gasteiger partial charge in [0.15, 0.2) is 0 Å². The fraction of sp³-hybridized carbons (Fsp3) is 0.250. The normalized spacial score (nSPS) is 11.1. The summed E-state index contributed by atoms with van der Waals surface area (Å²) in [6.45, 7) is 1.74. The number of aromatic nitrogens is 1. The third-order valence-corrected chi connectivity index (χ3v) is 3.74. The molecule has 2 aromatic rings. The summed E-state index contributed by atoms with van der Waals surface area (Å²) in [6.07, 6.45) is 1.81. The first kappa shape index (κ1) is 12.8. The van der Waals surface area contributed by atoms with Crippen LogP contribution in [0.3, 0.4) is 0 Å². The fourth-order valence-electron chi connectivity index (χ4n) is 1.57. The summed E-state index contributed by atoms with van der Waals surface area (Å²) in [4.78, 5) is 7.54. The molecule has 0 amide bonds. The molecule has 2 rings (SSSR count). The van der Waals surface area contributed by atoms with E-state index in [1.54, 1.807) is 17.5 Å². The maximum atomic E-state index is 5.90. The second kappa shape index (κ2) is 5.83. The van der Waals surface area contributed by atoms with Gasteiger partial charge < -0.3 is 0 Å². The molecule has 0 radical (unpaired) electrons. The second-order valence-corrected chi connectivity index (χ2v) is 6.05. The molecule has 0 aliphatic heterocycles. The Balaban J connectivity index is 1.93. The van der Waals surface area contributed by atoms with Crippen LogP contribution in [-0.2, 0) is 13.1 Å². The summed E-state index contributed by atoms with van der Waals surface area (Å²) in [6, 6.07) is 7.79. The maximum Gasteiger partial charge on any atom is 0.129 e. The molecule has 2 nitrogen and oxygen atoms in total. The number of hydrogen-bond donors (Lipinski definition) is 0. The first-order chi connectivity index (χ1) is 8.13. The second-order valence-electron chi connectivity index (χ2n) is 3.87. The Hall–Kier alpha value is -0.610. The van der Waals surface area contributed by atoms with Gasteiger partial charge in [0.1, 0.15) is 5.15 Å². The van der Waals surface area contributed by atoms with E-state index in [9.17, 15) is 0 Å². The number of thiophene rings is 1. The molecule has 90 valence electrons. The maximum absolute atomic E-state index is 5.90. The molecule has 17 heavy (non-hydrogen) atoms. The third-order valence-electron chi connectivity index (χ3n) is 2.30. The van der Waals surface area contributed by atoms with Gasteiger partial charge in [0.2, 0.25) is 0 Å². The van der Waals surface area contributed by atoms with E-state index in [1.165, 1.54) is 4.88 Å². The fourth-order valence-corrected chi connectivity index (χ4v) is 2.85. The lowest BCUT2D eigenvalue weighted by Gasteiger charge is -2.15. The summed E-state index contributed by atoms with van der Waals surface area (Å²) >= 11 is 13.3. The van der Waals surface area contributed by atoms with Crippen molar-refractivity contribution in [2.75, 3.05) is 7.05 Å². The summed E-state index contributed by atoms with van der Waals surface area (Å²) in [7, 11) is 2.07. The zero-order valence-electron chi connectivity index (χ0n) is 9.36. The van der Waals surface area contributed by atoms with E-state index in [-0.39, 0.29) is 0 Å². The average Bonchev–Trinajstić information content (AvgIpc) is 2.67. The third kappa shape index (κ3) is 3.96. The van der Waals surface area contributed by atoms with Gasteiger partial charge >= 0.3 is 0 Å². The van der Waals surface area contributed by atoms with E-state index in [4.69, 9.17) is 23.2 Å². The van der Waals surface area contributed by atoms with Crippen LogP contribution >= 0.6 is 34.5 Å².